The van der Waals surface area contributed by atoms with Gasteiger partial charge in [-0.2, -0.15) is 4.31 Å². The highest BCUT2D eigenvalue weighted by Gasteiger charge is 2.22. The Morgan fingerprint density at radius 2 is 2.05 bits per heavy atom. The summed E-state index contributed by atoms with van der Waals surface area (Å²) in [5.74, 6) is 0. The molecule has 0 aliphatic carbocycles. The van der Waals surface area contributed by atoms with E-state index in [2.05, 4.69) is 4.98 Å². The molecule has 0 saturated heterocycles. The van der Waals surface area contributed by atoms with Crippen molar-refractivity contribution in [1.29, 1.82) is 0 Å². The summed E-state index contributed by atoms with van der Waals surface area (Å²) in [4.78, 5) is 5.29. The normalized spacial score (nSPS) is 11.9. The standard InChI is InChI=1S/C14H18N2O2S2/c1-3-13-7-8-14(19-13)20(17,18)16(2)11-9-12-6-4-5-10-15-12/h4-8,10H,3,9,11H2,1-2H3. The molecule has 0 atom stereocenters. The zero-order valence-electron chi connectivity index (χ0n) is 11.6. The molecule has 0 aliphatic rings. The maximum atomic E-state index is 12.4. The van der Waals surface area contributed by atoms with E-state index in [-0.39, 0.29) is 0 Å². The summed E-state index contributed by atoms with van der Waals surface area (Å²) in [5.41, 5.74) is 0.898. The van der Waals surface area contributed by atoms with Gasteiger partial charge < -0.3 is 0 Å². The topological polar surface area (TPSA) is 50.3 Å². The number of sulfonamides is 1. The molecule has 2 aromatic rings. The van der Waals surface area contributed by atoms with Crippen LogP contribution in [0.3, 0.4) is 0 Å². The number of rotatable bonds is 6. The second-order valence-corrected chi connectivity index (χ2v) is 7.91. The number of thiophene rings is 1. The minimum Gasteiger partial charge on any atom is -0.261 e. The van der Waals surface area contributed by atoms with Crippen molar-refractivity contribution in [1.82, 2.24) is 9.29 Å². The minimum absolute atomic E-state index is 0.415. The average molecular weight is 310 g/mol. The first kappa shape index (κ1) is 15.2. The molecule has 2 aromatic heterocycles. The van der Waals surface area contributed by atoms with E-state index >= 15 is 0 Å². The second-order valence-electron chi connectivity index (χ2n) is 4.47. The third kappa shape index (κ3) is 3.45. The van der Waals surface area contributed by atoms with Crippen LogP contribution in [0.2, 0.25) is 0 Å². The third-order valence-corrected chi connectivity index (χ3v) is 6.61. The number of hydrogen-bond donors (Lipinski definition) is 0. The average Bonchev–Trinajstić information content (AvgIpc) is 2.95. The highest BCUT2D eigenvalue weighted by molar-refractivity contribution is 7.91. The predicted octanol–water partition coefficient (Wildman–Crippen LogP) is 2.57. The molecule has 0 aliphatic heterocycles. The molecule has 4 nitrogen and oxygen atoms in total. The molecular formula is C14H18N2O2S2. The Kier molecular flexibility index (Phi) is 4.91. The van der Waals surface area contributed by atoms with Gasteiger partial charge in [-0.05, 0) is 30.7 Å². The number of nitrogens with zero attached hydrogens (tertiary/aromatic N) is 2. The lowest BCUT2D eigenvalue weighted by Crippen LogP contribution is -2.28. The molecule has 0 bridgehead atoms. The number of aryl methyl sites for hydroxylation is 1. The van der Waals surface area contributed by atoms with Crippen LogP contribution in [0.15, 0.2) is 40.7 Å². The predicted molar refractivity (Wildman–Crippen MR) is 81.5 cm³/mol. The summed E-state index contributed by atoms with van der Waals surface area (Å²) in [5, 5.41) is 0. The molecule has 2 rings (SSSR count). The molecule has 6 heteroatoms. The van der Waals surface area contributed by atoms with Crippen LogP contribution in [0.5, 0.6) is 0 Å². The summed E-state index contributed by atoms with van der Waals surface area (Å²) < 4.78 is 26.6. The fourth-order valence-electron chi connectivity index (χ4n) is 1.78. The lowest BCUT2D eigenvalue weighted by molar-refractivity contribution is 0.472. The fourth-order valence-corrected chi connectivity index (χ4v) is 4.46. The Balaban J connectivity index is 2.05. The van der Waals surface area contributed by atoms with Gasteiger partial charge in [-0.1, -0.05) is 13.0 Å². The van der Waals surface area contributed by atoms with Gasteiger partial charge in [-0.15, -0.1) is 11.3 Å². The van der Waals surface area contributed by atoms with Crippen molar-refractivity contribution in [3.05, 3.63) is 47.1 Å². The van der Waals surface area contributed by atoms with Crippen LogP contribution in [0.25, 0.3) is 0 Å². The molecule has 0 aromatic carbocycles. The van der Waals surface area contributed by atoms with E-state index in [0.717, 1.165) is 17.0 Å². The first-order valence-electron chi connectivity index (χ1n) is 6.49. The van der Waals surface area contributed by atoms with Crippen molar-refractivity contribution in [2.24, 2.45) is 0 Å². The lowest BCUT2D eigenvalue weighted by atomic mass is 10.3. The minimum atomic E-state index is -3.37. The third-order valence-electron chi connectivity index (χ3n) is 3.06. The van der Waals surface area contributed by atoms with Crippen LogP contribution in [0, 0.1) is 0 Å². The molecule has 0 saturated carbocycles. The molecule has 0 fully saturated rings. The monoisotopic (exact) mass is 310 g/mol. The van der Waals surface area contributed by atoms with Crippen LogP contribution >= 0.6 is 11.3 Å². The van der Waals surface area contributed by atoms with E-state index in [1.54, 1.807) is 19.3 Å². The summed E-state index contributed by atoms with van der Waals surface area (Å²) in [6.45, 7) is 2.45. The SMILES string of the molecule is CCc1ccc(S(=O)(=O)N(C)CCc2ccccn2)s1. The zero-order valence-corrected chi connectivity index (χ0v) is 13.2. The van der Waals surface area contributed by atoms with E-state index in [9.17, 15) is 8.42 Å². The van der Waals surface area contributed by atoms with E-state index in [0.29, 0.717) is 17.2 Å². The van der Waals surface area contributed by atoms with Crippen LogP contribution in [0.1, 0.15) is 17.5 Å². The van der Waals surface area contributed by atoms with Gasteiger partial charge in [0.1, 0.15) is 4.21 Å². The summed E-state index contributed by atoms with van der Waals surface area (Å²) >= 11 is 1.34. The summed E-state index contributed by atoms with van der Waals surface area (Å²) in [6.07, 6.45) is 3.19. The Morgan fingerprint density at radius 3 is 2.65 bits per heavy atom. The number of hydrogen-bond acceptors (Lipinski definition) is 4. The van der Waals surface area contributed by atoms with Crippen LogP contribution < -0.4 is 0 Å². The van der Waals surface area contributed by atoms with Crippen LogP contribution in [0.4, 0.5) is 0 Å². The molecular weight excluding hydrogens is 292 g/mol. The Hall–Kier alpha value is -1.24. The fraction of sp³-hybridized carbons (Fsp3) is 0.357. The van der Waals surface area contributed by atoms with Crippen molar-refractivity contribution in [3.8, 4) is 0 Å². The van der Waals surface area contributed by atoms with E-state index in [1.165, 1.54) is 15.6 Å². The Morgan fingerprint density at radius 1 is 1.25 bits per heavy atom. The van der Waals surface area contributed by atoms with E-state index < -0.39 is 10.0 Å². The molecule has 2 heterocycles. The molecule has 0 radical (unpaired) electrons. The van der Waals surface area contributed by atoms with Crippen molar-refractivity contribution in [2.75, 3.05) is 13.6 Å². The quantitative estimate of drug-likeness (QED) is 0.824. The van der Waals surface area contributed by atoms with Gasteiger partial charge >= 0.3 is 0 Å². The first-order valence-corrected chi connectivity index (χ1v) is 8.74. The van der Waals surface area contributed by atoms with Gasteiger partial charge in [0.25, 0.3) is 10.0 Å². The maximum Gasteiger partial charge on any atom is 0.252 e. The summed E-state index contributed by atoms with van der Waals surface area (Å²) in [7, 11) is -1.76. The Bertz CT molecular complexity index is 651. The van der Waals surface area contributed by atoms with Crippen LogP contribution in [-0.2, 0) is 22.9 Å². The first-order chi connectivity index (χ1) is 9.54. The molecule has 108 valence electrons. The molecule has 0 unspecified atom stereocenters. The van der Waals surface area contributed by atoms with Gasteiger partial charge in [0, 0.05) is 36.8 Å². The van der Waals surface area contributed by atoms with Gasteiger partial charge in [-0.25, -0.2) is 8.42 Å². The maximum absolute atomic E-state index is 12.4. The molecule has 0 amide bonds. The molecule has 0 spiro atoms. The summed E-state index contributed by atoms with van der Waals surface area (Å²) in [6, 6.07) is 9.23. The number of likely N-dealkylation sites (N-methyl/N-ethyl adjacent to an activating group) is 1. The van der Waals surface area contributed by atoms with Crippen LogP contribution in [-0.4, -0.2) is 31.3 Å². The van der Waals surface area contributed by atoms with E-state index in [4.69, 9.17) is 0 Å². The number of aromatic nitrogens is 1. The zero-order chi connectivity index (χ0) is 14.6. The van der Waals surface area contributed by atoms with Crippen molar-refractivity contribution >= 4 is 21.4 Å². The number of pyridine rings is 1. The van der Waals surface area contributed by atoms with Gasteiger partial charge in [0.2, 0.25) is 0 Å². The van der Waals surface area contributed by atoms with Crippen molar-refractivity contribution < 1.29 is 8.42 Å². The van der Waals surface area contributed by atoms with Crippen molar-refractivity contribution in [3.63, 3.8) is 0 Å². The van der Waals surface area contributed by atoms with Crippen molar-refractivity contribution in [2.45, 2.75) is 24.0 Å². The second kappa shape index (κ2) is 6.47. The Labute approximate surface area is 124 Å². The van der Waals surface area contributed by atoms with Gasteiger partial charge in [0.15, 0.2) is 0 Å². The van der Waals surface area contributed by atoms with Gasteiger partial charge in [0.05, 0.1) is 0 Å². The molecule has 20 heavy (non-hydrogen) atoms. The van der Waals surface area contributed by atoms with Gasteiger partial charge in [-0.3, -0.25) is 4.98 Å². The van der Waals surface area contributed by atoms with E-state index in [1.807, 2.05) is 31.2 Å². The smallest absolute Gasteiger partial charge is 0.252 e. The highest BCUT2D eigenvalue weighted by Crippen LogP contribution is 2.24. The largest absolute Gasteiger partial charge is 0.261 e. The molecule has 0 N–H and O–H groups in total. The highest BCUT2D eigenvalue weighted by atomic mass is 32.2. The lowest BCUT2D eigenvalue weighted by Gasteiger charge is -2.15.